The third-order valence-corrected chi connectivity index (χ3v) is 3.04. The number of aromatic nitrogens is 2. The van der Waals surface area contributed by atoms with Crippen molar-refractivity contribution in [3.8, 4) is 0 Å². The highest BCUT2D eigenvalue weighted by molar-refractivity contribution is 6.01. The number of rotatable bonds is 3. The quantitative estimate of drug-likeness (QED) is 0.559. The van der Waals surface area contributed by atoms with Crippen molar-refractivity contribution in [3.63, 3.8) is 0 Å². The first-order valence-corrected chi connectivity index (χ1v) is 6.32. The van der Waals surface area contributed by atoms with Crippen molar-refractivity contribution in [2.45, 2.75) is 32.6 Å². The number of hydrogen-bond acceptors (Lipinski definition) is 3. The van der Waals surface area contributed by atoms with Crippen LogP contribution in [0.5, 0.6) is 0 Å². The van der Waals surface area contributed by atoms with Gasteiger partial charge in [-0.05, 0) is 26.2 Å². The first kappa shape index (κ1) is 12.6. The second-order valence-electron chi connectivity index (χ2n) is 4.68. The first-order chi connectivity index (χ1) is 8.65. The number of piperidine rings is 1. The third kappa shape index (κ3) is 3.32. The molecule has 0 aromatic carbocycles. The van der Waals surface area contributed by atoms with Gasteiger partial charge in [0.15, 0.2) is 5.82 Å². The SMILES string of the molecule is Cc1cc(N=C(N)CC(=N)N2CCCCC2)n[nH]1. The average Bonchev–Trinajstić information content (AvgIpc) is 2.75. The summed E-state index contributed by atoms with van der Waals surface area (Å²) in [5, 5.41) is 14.8. The molecule has 2 heterocycles. The topological polar surface area (TPSA) is 94.2 Å². The van der Waals surface area contributed by atoms with Gasteiger partial charge >= 0.3 is 0 Å². The van der Waals surface area contributed by atoms with Crippen LogP contribution in [0.1, 0.15) is 31.4 Å². The van der Waals surface area contributed by atoms with E-state index in [4.69, 9.17) is 11.1 Å². The Morgan fingerprint density at radius 1 is 1.50 bits per heavy atom. The zero-order valence-corrected chi connectivity index (χ0v) is 10.7. The van der Waals surface area contributed by atoms with E-state index in [0.717, 1.165) is 31.6 Å². The number of aryl methyl sites for hydroxylation is 1. The molecule has 1 fully saturated rings. The summed E-state index contributed by atoms with van der Waals surface area (Å²) in [6, 6.07) is 1.83. The molecule has 1 aliphatic heterocycles. The summed E-state index contributed by atoms with van der Waals surface area (Å²) in [5.41, 5.74) is 6.80. The van der Waals surface area contributed by atoms with Gasteiger partial charge in [0.1, 0.15) is 11.7 Å². The zero-order valence-electron chi connectivity index (χ0n) is 10.7. The van der Waals surface area contributed by atoms with Crippen molar-refractivity contribution in [2.75, 3.05) is 13.1 Å². The molecule has 0 saturated carbocycles. The minimum Gasteiger partial charge on any atom is -0.387 e. The Labute approximate surface area is 107 Å². The predicted molar refractivity (Wildman–Crippen MR) is 72.4 cm³/mol. The molecule has 0 radical (unpaired) electrons. The molecule has 0 amide bonds. The first-order valence-electron chi connectivity index (χ1n) is 6.32. The maximum Gasteiger partial charge on any atom is 0.175 e. The molecule has 0 unspecified atom stereocenters. The fourth-order valence-corrected chi connectivity index (χ4v) is 2.09. The molecule has 6 heteroatoms. The van der Waals surface area contributed by atoms with Gasteiger partial charge in [-0.2, -0.15) is 5.10 Å². The number of nitrogens with two attached hydrogens (primary N) is 1. The summed E-state index contributed by atoms with van der Waals surface area (Å²) in [7, 11) is 0. The van der Waals surface area contributed by atoms with E-state index >= 15 is 0 Å². The van der Waals surface area contributed by atoms with E-state index in [9.17, 15) is 0 Å². The van der Waals surface area contributed by atoms with Crippen molar-refractivity contribution in [3.05, 3.63) is 11.8 Å². The van der Waals surface area contributed by atoms with Gasteiger partial charge in [0.05, 0.1) is 6.42 Å². The van der Waals surface area contributed by atoms with E-state index in [0.29, 0.717) is 23.9 Å². The molecule has 1 saturated heterocycles. The lowest BCUT2D eigenvalue weighted by Crippen LogP contribution is -2.37. The maximum absolute atomic E-state index is 8.02. The Morgan fingerprint density at radius 2 is 2.22 bits per heavy atom. The molecule has 0 aliphatic carbocycles. The number of H-pyrrole nitrogens is 1. The van der Waals surface area contributed by atoms with E-state index in [1.807, 2.05) is 13.0 Å². The number of aliphatic imine (C=N–C) groups is 1. The van der Waals surface area contributed by atoms with Crippen LogP contribution in [0.15, 0.2) is 11.1 Å². The zero-order chi connectivity index (χ0) is 13.0. The Hall–Kier alpha value is -1.85. The smallest absolute Gasteiger partial charge is 0.175 e. The molecule has 2 rings (SSSR count). The van der Waals surface area contributed by atoms with Gasteiger partial charge in [-0.15, -0.1) is 0 Å². The third-order valence-electron chi connectivity index (χ3n) is 3.04. The number of amidine groups is 2. The largest absolute Gasteiger partial charge is 0.387 e. The lowest BCUT2D eigenvalue weighted by atomic mass is 10.1. The minimum atomic E-state index is 0.395. The highest BCUT2D eigenvalue weighted by Crippen LogP contribution is 2.12. The summed E-state index contributed by atoms with van der Waals surface area (Å²) in [4.78, 5) is 6.28. The highest BCUT2D eigenvalue weighted by Gasteiger charge is 2.14. The highest BCUT2D eigenvalue weighted by atomic mass is 15.2. The van der Waals surface area contributed by atoms with Gasteiger partial charge in [-0.25, -0.2) is 4.99 Å². The molecule has 1 aliphatic rings. The van der Waals surface area contributed by atoms with Crippen LogP contribution in [0.2, 0.25) is 0 Å². The van der Waals surface area contributed by atoms with E-state index in [2.05, 4.69) is 20.1 Å². The summed E-state index contributed by atoms with van der Waals surface area (Å²) in [6.07, 6.45) is 3.99. The summed E-state index contributed by atoms with van der Waals surface area (Å²) in [6.45, 7) is 3.85. The number of nitrogens with zero attached hydrogens (tertiary/aromatic N) is 3. The molecule has 18 heavy (non-hydrogen) atoms. The van der Waals surface area contributed by atoms with Crippen LogP contribution >= 0.6 is 0 Å². The molecule has 0 bridgehead atoms. The van der Waals surface area contributed by atoms with E-state index in [1.165, 1.54) is 6.42 Å². The Kier molecular flexibility index (Phi) is 3.96. The normalized spacial score (nSPS) is 16.9. The van der Waals surface area contributed by atoms with Crippen LogP contribution < -0.4 is 5.73 Å². The second-order valence-corrected chi connectivity index (χ2v) is 4.68. The van der Waals surface area contributed by atoms with Gasteiger partial charge in [0.2, 0.25) is 0 Å². The van der Waals surface area contributed by atoms with Crippen molar-refractivity contribution >= 4 is 17.5 Å². The summed E-state index contributed by atoms with van der Waals surface area (Å²) in [5.74, 6) is 1.58. The Balaban J connectivity index is 1.91. The van der Waals surface area contributed by atoms with Gasteiger partial charge in [0, 0.05) is 24.8 Å². The predicted octanol–water partition coefficient (Wildman–Crippen LogP) is 1.56. The van der Waals surface area contributed by atoms with Gasteiger partial charge in [-0.1, -0.05) is 0 Å². The summed E-state index contributed by atoms with van der Waals surface area (Å²) >= 11 is 0. The van der Waals surface area contributed by atoms with Gasteiger partial charge < -0.3 is 10.6 Å². The van der Waals surface area contributed by atoms with Crippen molar-refractivity contribution < 1.29 is 0 Å². The van der Waals surface area contributed by atoms with Crippen molar-refractivity contribution in [2.24, 2.45) is 10.7 Å². The van der Waals surface area contributed by atoms with Crippen molar-refractivity contribution in [1.29, 1.82) is 5.41 Å². The number of aromatic amines is 1. The average molecular weight is 248 g/mol. The number of nitrogens with one attached hydrogen (secondary N) is 2. The fourth-order valence-electron chi connectivity index (χ4n) is 2.09. The monoisotopic (exact) mass is 248 g/mol. The maximum atomic E-state index is 8.02. The molecule has 98 valence electrons. The van der Waals surface area contributed by atoms with E-state index < -0.39 is 0 Å². The molecule has 0 spiro atoms. The second kappa shape index (κ2) is 5.66. The molecule has 4 N–H and O–H groups in total. The van der Waals surface area contributed by atoms with E-state index in [1.54, 1.807) is 0 Å². The lowest BCUT2D eigenvalue weighted by Gasteiger charge is -2.28. The molecule has 1 aromatic rings. The van der Waals surface area contributed by atoms with Crippen LogP contribution in [0, 0.1) is 12.3 Å². The minimum absolute atomic E-state index is 0.395. The van der Waals surface area contributed by atoms with Gasteiger partial charge in [0.25, 0.3) is 0 Å². The number of hydrogen-bond donors (Lipinski definition) is 3. The van der Waals surface area contributed by atoms with Crippen LogP contribution in [0.3, 0.4) is 0 Å². The van der Waals surface area contributed by atoms with Crippen LogP contribution in [-0.2, 0) is 0 Å². The molecule has 6 nitrogen and oxygen atoms in total. The summed E-state index contributed by atoms with van der Waals surface area (Å²) < 4.78 is 0. The van der Waals surface area contributed by atoms with Gasteiger partial charge in [-0.3, -0.25) is 10.5 Å². The molecule has 1 aromatic heterocycles. The van der Waals surface area contributed by atoms with Crippen molar-refractivity contribution in [1.82, 2.24) is 15.1 Å². The fraction of sp³-hybridized carbons (Fsp3) is 0.583. The standard InChI is InChI=1S/C12H20N6/c1-9-7-12(17-16-9)15-10(13)8-11(14)18-5-3-2-4-6-18/h7,14H,2-6,8H2,1H3,(H3,13,15,16,17). The number of likely N-dealkylation sites (tertiary alicyclic amines) is 1. The lowest BCUT2D eigenvalue weighted by molar-refractivity contribution is 0.337. The Bertz CT molecular complexity index is 441. The van der Waals surface area contributed by atoms with Crippen LogP contribution in [0.25, 0.3) is 0 Å². The van der Waals surface area contributed by atoms with Crippen LogP contribution in [0.4, 0.5) is 5.82 Å². The molecular formula is C12H20N6. The van der Waals surface area contributed by atoms with E-state index in [-0.39, 0.29) is 0 Å². The molecule has 0 atom stereocenters. The molecular weight excluding hydrogens is 228 g/mol. The Morgan fingerprint density at radius 3 is 2.83 bits per heavy atom. The van der Waals surface area contributed by atoms with Crippen LogP contribution in [-0.4, -0.2) is 39.9 Å².